The average Bonchev–Trinajstić information content (AvgIpc) is 2.46. The van der Waals surface area contributed by atoms with Crippen LogP contribution in [0.4, 0.5) is 5.69 Å². The molecule has 114 valence electrons. The van der Waals surface area contributed by atoms with Crippen molar-refractivity contribution in [3.8, 4) is 0 Å². The van der Waals surface area contributed by atoms with Gasteiger partial charge in [-0.2, -0.15) is 0 Å². The maximum Gasteiger partial charge on any atom is 0.306 e. The lowest BCUT2D eigenvalue weighted by Gasteiger charge is -2.26. The summed E-state index contributed by atoms with van der Waals surface area (Å²) in [5, 5.41) is 19.6. The minimum absolute atomic E-state index is 0.0348. The summed E-state index contributed by atoms with van der Waals surface area (Å²) in [4.78, 5) is 21.1. The van der Waals surface area contributed by atoms with E-state index >= 15 is 0 Å². The van der Waals surface area contributed by atoms with Crippen molar-refractivity contribution in [1.82, 2.24) is 0 Å². The van der Waals surface area contributed by atoms with Crippen LogP contribution < -0.4 is 0 Å². The van der Waals surface area contributed by atoms with Crippen molar-refractivity contribution in [2.24, 2.45) is 5.92 Å². The maximum absolute atomic E-state index is 10.9. The molecule has 0 atom stereocenters. The fourth-order valence-electron chi connectivity index (χ4n) is 2.45. The summed E-state index contributed by atoms with van der Waals surface area (Å²) in [6.07, 6.45) is 2.81. The highest BCUT2D eigenvalue weighted by atomic mass is 79.9. The van der Waals surface area contributed by atoms with Crippen molar-refractivity contribution in [1.29, 1.82) is 0 Å². The number of non-ortho nitro benzene ring substituents is 1. The number of halogens is 1. The quantitative estimate of drug-likeness (QED) is 0.643. The molecule has 0 spiro atoms. The number of rotatable bonds is 5. The Morgan fingerprint density at radius 3 is 2.57 bits per heavy atom. The zero-order chi connectivity index (χ0) is 15.4. The molecule has 7 heteroatoms. The number of carboxylic acid groups (broad SMARTS) is 1. The molecule has 1 aliphatic carbocycles. The Bertz CT molecular complexity index is 540. The normalized spacial score (nSPS) is 22.0. The van der Waals surface area contributed by atoms with Gasteiger partial charge in [-0.15, -0.1) is 0 Å². The standard InChI is InChI=1S/C14H16BrNO5/c15-13-7-11(16(19)20)4-1-10(13)8-21-12-5-2-9(3-6-12)14(17)18/h1,4,7,9,12H,2-3,5-6,8H2,(H,17,18). The van der Waals surface area contributed by atoms with Crippen molar-refractivity contribution in [3.05, 3.63) is 38.3 Å². The lowest BCUT2D eigenvalue weighted by molar-refractivity contribution is -0.384. The molecule has 1 N–H and O–H groups in total. The van der Waals surface area contributed by atoms with Crippen LogP contribution in [0.5, 0.6) is 0 Å². The number of benzene rings is 1. The molecular weight excluding hydrogens is 342 g/mol. The Kier molecular flexibility index (Phi) is 5.30. The minimum Gasteiger partial charge on any atom is -0.481 e. The minimum atomic E-state index is -0.730. The number of aliphatic carboxylic acids is 1. The van der Waals surface area contributed by atoms with Crippen molar-refractivity contribution >= 4 is 27.6 Å². The van der Waals surface area contributed by atoms with Gasteiger partial charge in [-0.1, -0.05) is 15.9 Å². The third kappa shape index (κ3) is 4.25. The zero-order valence-corrected chi connectivity index (χ0v) is 12.9. The van der Waals surface area contributed by atoms with E-state index in [2.05, 4.69) is 15.9 Å². The van der Waals surface area contributed by atoms with E-state index in [-0.39, 0.29) is 17.7 Å². The van der Waals surface area contributed by atoms with E-state index in [9.17, 15) is 14.9 Å². The van der Waals surface area contributed by atoms with Crippen LogP contribution in [-0.2, 0) is 16.1 Å². The molecule has 0 saturated heterocycles. The van der Waals surface area contributed by atoms with Crippen LogP contribution in [0.3, 0.4) is 0 Å². The van der Waals surface area contributed by atoms with Gasteiger partial charge in [0.1, 0.15) is 0 Å². The van der Waals surface area contributed by atoms with Gasteiger partial charge in [-0.3, -0.25) is 14.9 Å². The molecule has 0 aromatic heterocycles. The molecule has 1 aromatic rings. The summed E-state index contributed by atoms with van der Waals surface area (Å²) < 4.78 is 6.43. The third-order valence-corrected chi connectivity index (χ3v) is 4.48. The Hall–Kier alpha value is -1.47. The first-order valence-electron chi connectivity index (χ1n) is 6.74. The van der Waals surface area contributed by atoms with Crippen LogP contribution in [0.25, 0.3) is 0 Å². The molecular formula is C14H16BrNO5. The molecule has 0 radical (unpaired) electrons. The van der Waals surface area contributed by atoms with Crippen LogP contribution in [0.15, 0.2) is 22.7 Å². The first-order chi connectivity index (χ1) is 9.97. The van der Waals surface area contributed by atoms with Crippen LogP contribution in [0.2, 0.25) is 0 Å². The lowest BCUT2D eigenvalue weighted by atomic mass is 9.87. The second kappa shape index (κ2) is 7.00. The Labute approximate surface area is 130 Å². The summed E-state index contributed by atoms with van der Waals surface area (Å²) in [6.45, 7) is 0.362. The van der Waals surface area contributed by atoms with Crippen LogP contribution >= 0.6 is 15.9 Å². The van der Waals surface area contributed by atoms with Crippen molar-refractivity contribution in [2.45, 2.75) is 38.4 Å². The largest absolute Gasteiger partial charge is 0.481 e. The van der Waals surface area contributed by atoms with Crippen LogP contribution in [0, 0.1) is 16.0 Å². The highest BCUT2D eigenvalue weighted by molar-refractivity contribution is 9.10. The maximum atomic E-state index is 10.9. The molecule has 1 saturated carbocycles. The molecule has 2 rings (SSSR count). The van der Waals surface area contributed by atoms with Gasteiger partial charge in [-0.25, -0.2) is 0 Å². The number of carboxylic acids is 1. The van der Waals surface area contributed by atoms with Gasteiger partial charge in [0.2, 0.25) is 0 Å². The molecule has 1 aromatic carbocycles. The van der Waals surface area contributed by atoms with E-state index in [0.717, 1.165) is 18.4 Å². The predicted octanol–water partition coefficient (Wildman–Crippen LogP) is 3.52. The number of nitro benzene ring substituents is 1. The molecule has 21 heavy (non-hydrogen) atoms. The van der Waals surface area contributed by atoms with Crippen molar-refractivity contribution < 1.29 is 19.6 Å². The summed E-state index contributed by atoms with van der Waals surface area (Å²) in [7, 11) is 0. The van der Waals surface area contributed by atoms with Gasteiger partial charge < -0.3 is 9.84 Å². The monoisotopic (exact) mass is 357 g/mol. The van der Waals surface area contributed by atoms with Crippen LogP contribution in [0.1, 0.15) is 31.2 Å². The Balaban J connectivity index is 1.87. The van der Waals surface area contributed by atoms with Crippen LogP contribution in [-0.4, -0.2) is 22.1 Å². The molecule has 0 aliphatic heterocycles. The fraction of sp³-hybridized carbons (Fsp3) is 0.500. The molecule has 0 amide bonds. The number of nitrogens with zero attached hydrogens (tertiary/aromatic N) is 1. The van der Waals surface area contributed by atoms with Gasteiger partial charge in [-0.05, 0) is 37.3 Å². The Morgan fingerprint density at radius 2 is 2.05 bits per heavy atom. The van der Waals surface area contributed by atoms with E-state index < -0.39 is 10.9 Å². The first-order valence-corrected chi connectivity index (χ1v) is 7.54. The topological polar surface area (TPSA) is 89.7 Å². The van der Waals surface area contributed by atoms with Gasteiger partial charge >= 0.3 is 5.97 Å². The molecule has 0 bridgehead atoms. The number of ether oxygens (including phenoxy) is 1. The molecule has 6 nitrogen and oxygen atoms in total. The summed E-state index contributed by atoms with van der Waals surface area (Å²) >= 11 is 3.31. The third-order valence-electron chi connectivity index (χ3n) is 3.75. The number of nitro groups is 1. The molecule has 0 unspecified atom stereocenters. The first kappa shape index (κ1) is 15.9. The van der Waals surface area contributed by atoms with E-state index in [1.165, 1.54) is 12.1 Å². The van der Waals surface area contributed by atoms with Crippen molar-refractivity contribution in [3.63, 3.8) is 0 Å². The highest BCUT2D eigenvalue weighted by Gasteiger charge is 2.26. The van der Waals surface area contributed by atoms with Gasteiger partial charge in [0, 0.05) is 16.6 Å². The van der Waals surface area contributed by atoms with E-state index in [0.29, 0.717) is 23.9 Å². The van der Waals surface area contributed by atoms with E-state index in [1.807, 2.05) is 0 Å². The fourth-order valence-corrected chi connectivity index (χ4v) is 2.93. The zero-order valence-electron chi connectivity index (χ0n) is 11.3. The number of hydrogen-bond acceptors (Lipinski definition) is 4. The van der Waals surface area contributed by atoms with Gasteiger partial charge in [0.15, 0.2) is 0 Å². The average molecular weight is 358 g/mol. The second-order valence-corrected chi connectivity index (χ2v) is 6.01. The summed E-state index contributed by atoms with van der Waals surface area (Å²) in [5.41, 5.74) is 0.883. The van der Waals surface area contributed by atoms with E-state index in [4.69, 9.17) is 9.84 Å². The van der Waals surface area contributed by atoms with Gasteiger partial charge in [0.05, 0.1) is 23.6 Å². The lowest BCUT2D eigenvalue weighted by Crippen LogP contribution is -2.25. The highest BCUT2D eigenvalue weighted by Crippen LogP contribution is 2.28. The van der Waals surface area contributed by atoms with E-state index in [1.54, 1.807) is 6.07 Å². The SMILES string of the molecule is O=C(O)C1CCC(OCc2ccc([N+](=O)[O-])cc2Br)CC1. The Morgan fingerprint density at radius 1 is 1.38 bits per heavy atom. The second-order valence-electron chi connectivity index (χ2n) is 5.16. The van der Waals surface area contributed by atoms with Crippen molar-refractivity contribution in [2.75, 3.05) is 0 Å². The number of carbonyl (C=O) groups is 1. The summed E-state index contributed by atoms with van der Waals surface area (Å²) in [6, 6.07) is 4.58. The molecule has 0 heterocycles. The summed E-state index contributed by atoms with van der Waals surface area (Å²) in [5.74, 6) is -0.984. The molecule has 1 aliphatic rings. The smallest absolute Gasteiger partial charge is 0.306 e. The molecule has 1 fully saturated rings. The number of hydrogen-bond donors (Lipinski definition) is 1. The predicted molar refractivity (Wildman–Crippen MR) is 79.0 cm³/mol. The van der Waals surface area contributed by atoms with Gasteiger partial charge in [0.25, 0.3) is 5.69 Å².